The molecule has 2 aromatic heterocycles. The molecule has 1 unspecified atom stereocenters. The molecule has 2 aromatic rings. The Morgan fingerprint density at radius 3 is 2.79 bits per heavy atom. The number of alkyl halides is 1. The zero-order valence-corrected chi connectivity index (χ0v) is 13.6. The molecular weight excluding hydrogens is 330 g/mol. The first kappa shape index (κ1) is 14.5. The highest BCUT2D eigenvalue weighted by Crippen LogP contribution is 2.24. The van der Waals surface area contributed by atoms with E-state index < -0.39 is 0 Å². The molecule has 0 aromatic carbocycles. The Kier molecular flexibility index (Phi) is 4.62. The second kappa shape index (κ2) is 6.05. The predicted octanol–water partition coefficient (Wildman–Crippen LogP) is 3.35. The molecule has 0 saturated carbocycles. The quantitative estimate of drug-likeness (QED) is 0.780. The third-order valence-electron chi connectivity index (χ3n) is 3.00. The normalized spacial score (nSPS) is 12.9. The lowest BCUT2D eigenvalue weighted by atomic mass is 10.3. The van der Waals surface area contributed by atoms with E-state index in [1.807, 2.05) is 24.7 Å². The van der Waals surface area contributed by atoms with Gasteiger partial charge in [0.25, 0.3) is 0 Å². The average Bonchev–Trinajstić information content (AvgIpc) is 2.98. The minimum atomic E-state index is 0.245. The van der Waals surface area contributed by atoms with Crippen LogP contribution in [0.3, 0.4) is 0 Å². The third kappa shape index (κ3) is 3.00. The number of aryl methyl sites for hydroxylation is 2. The van der Waals surface area contributed by atoms with Gasteiger partial charge in [-0.2, -0.15) is 5.10 Å². The van der Waals surface area contributed by atoms with Gasteiger partial charge in [-0.3, -0.25) is 4.68 Å². The summed E-state index contributed by atoms with van der Waals surface area (Å²) < 4.78 is 3.71. The Morgan fingerprint density at radius 2 is 2.16 bits per heavy atom. The van der Waals surface area contributed by atoms with Crippen LogP contribution in [-0.4, -0.2) is 24.8 Å². The Bertz CT molecular complexity index is 562. The number of hydrogen-bond donors (Lipinski definition) is 0. The monoisotopic (exact) mass is 345 g/mol. The van der Waals surface area contributed by atoms with Crippen LogP contribution in [0.25, 0.3) is 0 Å². The highest BCUT2D eigenvalue weighted by molar-refractivity contribution is 9.09. The molecule has 2 heterocycles. The van der Waals surface area contributed by atoms with Crippen molar-refractivity contribution >= 4 is 27.5 Å². The summed E-state index contributed by atoms with van der Waals surface area (Å²) in [4.78, 5) is 0.245. The molecule has 19 heavy (non-hydrogen) atoms. The van der Waals surface area contributed by atoms with Crippen molar-refractivity contribution in [3.05, 3.63) is 28.3 Å². The molecule has 0 saturated heterocycles. The predicted molar refractivity (Wildman–Crippen MR) is 78.7 cm³/mol. The molecule has 0 aliphatic heterocycles. The summed E-state index contributed by atoms with van der Waals surface area (Å²) in [6, 6.07) is 0. The molecule has 2 rings (SSSR count). The number of aromatic nitrogens is 5. The van der Waals surface area contributed by atoms with Crippen LogP contribution < -0.4 is 0 Å². The van der Waals surface area contributed by atoms with Gasteiger partial charge in [0.05, 0.1) is 39.7 Å². The van der Waals surface area contributed by atoms with Gasteiger partial charge in [-0.05, 0) is 20.3 Å². The summed E-state index contributed by atoms with van der Waals surface area (Å²) in [5.41, 5.74) is 2.77. The van der Waals surface area contributed by atoms with E-state index in [0.717, 1.165) is 30.0 Å². The molecule has 5 nitrogen and oxygen atoms in total. The van der Waals surface area contributed by atoms with Gasteiger partial charge in [-0.15, -0.1) is 5.10 Å². The van der Waals surface area contributed by atoms with Crippen LogP contribution in [0.15, 0.2) is 6.20 Å². The molecule has 1 atom stereocenters. The minimum absolute atomic E-state index is 0.245. The summed E-state index contributed by atoms with van der Waals surface area (Å²) in [5.74, 6) is 0. The van der Waals surface area contributed by atoms with Crippen LogP contribution in [0.2, 0.25) is 5.02 Å². The Morgan fingerprint density at radius 1 is 1.42 bits per heavy atom. The van der Waals surface area contributed by atoms with Gasteiger partial charge in [0.2, 0.25) is 0 Å². The Hall–Kier alpha value is -0.880. The first-order chi connectivity index (χ1) is 9.06. The molecule has 0 spiro atoms. The minimum Gasteiger partial charge on any atom is -0.266 e. The standard InChI is InChI=1S/C12H17BrClN5/c1-4-9(13)10-6-18(17-15-10)7-11-12(14)8(3)16-19(11)5-2/h6,9H,4-5,7H2,1-3H3. The third-order valence-corrected chi connectivity index (χ3v) is 4.61. The molecule has 0 radical (unpaired) electrons. The van der Waals surface area contributed by atoms with Gasteiger partial charge < -0.3 is 0 Å². The fraction of sp³-hybridized carbons (Fsp3) is 0.583. The van der Waals surface area contributed by atoms with Gasteiger partial charge in [-0.1, -0.05) is 39.7 Å². The van der Waals surface area contributed by atoms with Crippen molar-refractivity contribution in [3.8, 4) is 0 Å². The van der Waals surface area contributed by atoms with Gasteiger partial charge in [-0.25, -0.2) is 4.68 Å². The van der Waals surface area contributed by atoms with E-state index in [4.69, 9.17) is 11.6 Å². The molecule has 0 aliphatic carbocycles. The lowest BCUT2D eigenvalue weighted by molar-refractivity contribution is 0.565. The second-order valence-corrected chi connectivity index (χ2v) is 5.86. The number of halogens is 2. The summed E-state index contributed by atoms with van der Waals surface area (Å²) in [5, 5.41) is 13.4. The fourth-order valence-electron chi connectivity index (χ4n) is 1.92. The van der Waals surface area contributed by atoms with Crippen LogP contribution in [0.4, 0.5) is 0 Å². The number of hydrogen-bond acceptors (Lipinski definition) is 3. The molecule has 7 heteroatoms. The van der Waals surface area contributed by atoms with Gasteiger partial charge >= 0.3 is 0 Å². The largest absolute Gasteiger partial charge is 0.266 e. The maximum absolute atomic E-state index is 6.29. The van der Waals surface area contributed by atoms with Crippen molar-refractivity contribution in [3.63, 3.8) is 0 Å². The maximum Gasteiger partial charge on any atom is 0.0963 e. The van der Waals surface area contributed by atoms with E-state index in [9.17, 15) is 0 Å². The van der Waals surface area contributed by atoms with Crippen molar-refractivity contribution in [1.82, 2.24) is 24.8 Å². The molecule has 0 N–H and O–H groups in total. The van der Waals surface area contributed by atoms with E-state index >= 15 is 0 Å². The van der Waals surface area contributed by atoms with Crippen LogP contribution in [-0.2, 0) is 13.1 Å². The second-order valence-electron chi connectivity index (χ2n) is 4.38. The lowest BCUT2D eigenvalue weighted by Crippen LogP contribution is -2.08. The van der Waals surface area contributed by atoms with Crippen molar-refractivity contribution in [2.45, 2.75) is 45.1 Å². The summed E-state index contributed by atoms with van der Waals surface area (Å²) in [6.07, 6.45) is 2.92. The van der Waals surface area contributed by atoms with E-state index in [0.29, 0.717) is 11.6 Å². The molecule has 0 fully saturated rings. The van der Waals surface area contributed by atoms with Crippen molar-refractivity contribution in [2.75, 3.05) is 0 Å². The topological polar surface area (TPSA) is 48.5 Å². The number of nitrogens with zero attached hydrogens (tertiary/aromatic N) is 5. The van der Waals surface area contributed by atoms with Crippen molar-refractivity contribution in [2.24, 2.45) is 0 Å². The van der Waals surface area contributed by atoms with E-state index in [1.54, 1.807) is 4.68 Å². The molecule has 104 valence electrons. The molecular formula is C12H17BrClN5. The van der Waals surface area contributed by atoms with Gasteiger partial charge in [0.15, 0.2) is 0 Å². The fourth-order valence-corrected chi connectivity index (χ4v) is 2.32. The zero-order chi connectivity index (χ0) is 14.0. The zero-order valence-electron chi connectivity index (χ0n) is 11.3. The molecule has 0 bridgehead atoms. The SMILES string of the molecule is CCC(Br)c1cn(Cc2c(Cl)c(C)nn2CC)nn1. The van der Waals surface area contributed by atoms with Gasteiger partial charge in [0, 0.05) is 6.54 Å². The van der Waals surface area contributed by atoms with Gasteiger partial charge in [0.1, 0.15) is 0 Å². The van der Waals surface area contributed by atoms with E-state index in [-0.39, 0.29) is 4.83 Å². The average molecular weight is 347 g/mol. The van der Waals surface area contributed by atoms with E-state index in [1.165, 1.54) is 0 Å². The summed E-state index contributed by atoms with van der Waals surface area (Å²) >= 11 is 9.86. The maximum atomic E-state index is 6.29. The highest BCUT2D eigenvalue weighted by atomic mass is 79.9. The van der Waals surface area contributed by atoms with Crippen LogP contribution >= 0.6 is 27.5 Å². The molecule has 0 amide bonds. The number of rotatable bonds is 5. The molecule has 0 aliphatic rings. The first-order valence-electron chi connectivity index (χ1n) is 6.32. The van der Waals surface area contributed by atoms with Crippen LogP contribution in [0, 0.1) is 6.92 Å². The van der Waals surface area contributed by atoms with Crippen LogP contribution in [0.5, 0.6) is 0 Å². The highest BCUT2D eigenvalue weighted by Gasteiger charge is 2.15. The smallest absolute Gasteiger partial charge is 0.0963 e. The summed E-state index contributed by atoms with van der Waals surface area (Å²) in [6.45, 7) is 7.44. The Balaban J connectivity index is 2.24. The van der Waals surface area contributed by atoms with E-state index in [2.05, 4.69) is 38.3 Å². The van der Waals surface area contributed by atoms with Crippen molar-refractivity contribution < 1.29 is 0 Å². The lowest BCUT2D eigenvalue weighted by Gasteiger charge is -2.05. The summed E-state index contributed by atoms with van der Waals surface area (Å²) in [7, 11) is 0. The Labute approximate surface area is 126 Å². The van der Waals surface area contributed by atoms with Crippen molar-refractivity contribution in [1.29, 1.82) is 0 Å². The first-order valence-corrected chi connectivity index (χ1v) is 7.62. The van der Waals surface area contributed by atoms with Crippen LogP contribution in [0.1, 0.15) is 42.2 Å².